The van der Waals surface area contributed by atoms with Crippen LogP contribution >= 0.6 is 11.8 Å². The van der Waals surface area contributed by atoms with Gasteiger partial charge < -0.3 is 19.4 Å². The molecule has 3 rings (SSSR count). The van der Waals surface area contributed by atoms with Crippen molar-refractivity contribution in [2.24, 2.45) is 4.99 Å². The largest absolute Gasteiger partial charge is 0.381 e. The number of nitrogens with one attached hydrogen (secondary N) is 1. The average molecular weight is 414 g/mol. The summed E-state index contributed by atoms with van der Waals surface area (Å²) in [4.78, 5) is 30.0. The van der Waals surface area contributed by atoms with E-state index < -0.39 is 0 Å². The van der Waals surface area contributed by atoms with Crippen molar-refractivity contribution in [2.75, 3.05) is 25.7 Å². The Morgan fingerprint density at radius 2 is 2.14 bits per heavy atom. The molecule has 1 fully saturated rings. The molecule has 0 saturated heterocycles. The van der Waals surface area contributed by atoms with Crippen LogP contribution in [0, 0.1) is 6.92 Å². The topological polar surface area (TPSA) is 72.7 Å². The van der Waals surface area contributed by atoms with E-state index in [0.717, 1.165) is 35.1 Å². The van der Waals surface area contributed by atoms with E-state index in [9.17, 15) is 9.59 Å². The fourth-order valence-corrected chi connectivity index (χ4v) is 4.56. The van der Waals surface area contributed by atoms with Crippen molar-refractivity contribution < 1.29 is 9.53 Å². The number of carbonyl (C=O) groups excluding carboxylic acids is 1. The highest BCUT2D eigenvalue weighted by Gasteiger charge is 2.30. The molecule has 0 unspecified atom stereocenters. The molecule has 1 aromatic carbocycles. The average Bonchev–Trinajstić information content (AvgIpc) is 2.68. The molecule has 1 N–H and O–H groups in total. The number of hydrogen-bond donors (Lipinski definition) is 1. The molecule has 0 spiro atoms. The highest BCUT2D eigenvalue weighted by Crippen LogP contribution is 2.34. The molecule has 0 bridgehead atoms. The van der Waals surface area contributed by atoms with Gasteiger partial charge in [-0.15, -0.1) is 11.8 Å². The lowest BCUT2D eigenvalue weighted by Crippen LogP contribution is -2.41. The molecular weight excluding hydrogens is 386 g/mol. The van der Waals surface area contributed by atoms with Gasteiger partial charge >= 0.3 is 0 Å². The van der Waals surface area contributed by atoms with E-state index in [1.165, 1.54) is 0 Å². The van der Waals surface area contributed by atoms with Gasteiger partial charge in [0.2, 0.25) is 0 Å². The summed E-state index contributed by atoms with van der Waals surface area (Å²) in [7, 11) is 3.40. The molecule has 1 heterocycles. The Labute approximate surface area is 175 Å². The molecule has 1 saturated carbocycles. The number of carbonyl (C=O) groups is 1. The number of pyridine rings is 1. The highest BCUT2D eigenvalue weighted by atomic mass is 32.2. The van der Waals surface area contributed by atoms with Crippen molar-refractivity contribution in [3.8, 4) is 0 Å². The third-order valence-electron chi connectivity index (χ3n) is 5.34. The van der Waals surface area contributed by atoms with Crippen molar-refractivity contribution in [3.05, 3.63) is 39.6 Å². The quantitative estimate of drug-likeness (QED) is 0.407. The van der Waals surface area contributed by atoms with Gasteiger partial charge in [-0.3, -0.25) is 9.79 Å². The van der Waals surface area contributed by atoms with Crippen molar-refractivity contribution in [3.63, 3.8) is 0 Å². The third kappa shape index (κ3) is 4.16. The van der Waals surface area contributed by atoms with Crippen molar-refractivity contribution in [2.45, 2.75) is 43.4 Å². The number of methoxy groups -OCH3 is 1. The summed E-state index contributed by atoms with van der Waals surface area (Å²) in [6.07, 6.45) is 10.00. The van der Waals surface area contributed by atoms with Crippen LogP contribution in [0.4, 0.5) is 5.82 Å². The van der Waals surface area contributed by atoms with E-state index in [1.807, 2.05) is 29.9 Å². The van der Waals surface area contributed by atoms with Crippen LogP contribution in [0.25, 0.3) is 17.0 Å². The molecule has 154 valence electrons. The number of aliphatic imine (C=N–C) groups is 1. The van der Waals surface area contributed by atoms with Crippen molar-refractivity contribution in [1.82, 2.24) is 4.57 Å². The van der Waals surface area contributed by atoms with Crippen LogP contribution in [-0.4, -0.2) is 49.6 Å². The number of ether oxygens (including phenoxy) is 1. The monoisotopic (exact) mass is 413 g/mol. The van der Waals surface area contributed by atoms with E-state index in [1.54, 1.807) is 44.3 Å². The molecule has 1 aromatic heterocycles. The molecule has 6 nitrogen and oxygen atoms in total. The predicted molar refractivity (Wildman–Crippen MR) is 122 cm³/mol. The fraction of sp³-hybridized carbons (Fsp3) is 0.409. The van der Waals surface area contributed by atoms with Gasteiger partial charge in [0.1, 0.15) is 12.1 Å². The number of fused-ring (bicyclic) bond motifs is 1. The molecular formula is C22H27N3O3S. The lowest BCUT2D eigenvalue weighted by atomic mass is 9.89. The Hall–Kier alpha value is -2.38. The summed E-state index contributed by atoms with van der Waals surface area (Å²) < 4.78 is 7.32. The minimum absolute atomic E-state index is 0.0525. The van der Waals surface area contributed by atoms with E-state index >= 15 is 0 Å². The first kappa shape index (κ1) is 21.3. The second-order valence-electron chi connectivity index (χ2n) is 7.12. The van der Waals surface area contributed by atoms with Gasteiger partial charge in [0, 0.05) is 36.7 Å². The summed E-state index contributed by atoms with van der Waals surface area (Å²) in [5.41, 5.74) is 2.37. The van der Waals surface area contributed by atoms with Crippen LogP contribution in [0.3, 0.4) is 0 Å². The Balaban J connectivity index is 2.29. The minimum atomic E-state index is -0.0525. The number of rotatable bonds is 8. The van der Waals surface area contributed by atoms with Gasteiger partial charge in [-0.05, 0) is 49.8 Å². The molecule has 0 atom stereocenters. The van der Waals surface area contributed by atoms with Gasteiger partial charge in [-0.1, -0.05) is 6.07 Å². The third-order valence-corrected chi connectivity index (χ3v) is 6.26. The maximum Gasteiger partial charge on any atom is 0.198 e. The summed E-state index contributed by atoms with van der Waals surface area (Å²) >= 11 is 1.59. The standard InChI is InChI=1S/C22H27N3O3S/c1-14-7-8-17-19(21(14)29-4)25(10-11-26)22(24-15-12-16(13-15)28-3)18(20(17)27)6-5-9-23-2/h5-9,11,15-16,24H,10,12-13H2,1-4H3/b6-5-,23-9?. The summed E-state index contributed by atoms with van der Waals surface area (Å²) in [5, 5.41) is 4.13. The second kappa shape index (κ2) is 9.41. The Bertz CT molecular complexity index is 1020. The maximum atomic E-state index is 13.4. The second-order valence-corrected chi connectivity index (χ2v) is 7.93. The van der Waals surface area contributed by atoms with Crippen LogP contribution in [0.5, 0.6) is 0 Å². The number of anilines is 1. The molecule has 29 heavy (non-hydrogen) atoms. The Morgan fingerprint density at radius 3 is 2.76 bits per heavy atom. The number of hydrogen-bond acceptors (Lipinski definition) is 6. The summed E-state index contributed by atoms with van der Waals surface area (Å²) in [6, 6.07) is 4.02. The summed E-state index contributed by atoms with van der Waals surface area (Å²) in [5.74, 6) is 0.677. The van der Waals surface area contributed by atoms with Gasteiger partial charge in [0.05, 0.1) is 23.7 Å². The van der Waals surface area contributed by atoms with Crippen LogP contribution in [0.1, 0.15) is 24.0 Å². The first-order chi connectivity index (χ1) is 14.0. The van der Waals surface area contributed by atoms with E-state index in [-0.39, 0.29) is 24.1 Å². The number of aryl methyl sites for hydroxylation is 1. The number of thioether (sulfide) groups is 1. The van der Waals surface area contributed by atoms with E-state index in [4.69, 9.17) is 4.74 Å². The lowest BCUT2D eigenvalue weighted by Gasteiger charge is -2.36. The van der Waals surface area contributed by atoms with Crippen molar-refractivity contribution in [1.29, 1.82) is 0 Å². The normalized spacial score (nSPS) is 19.2. The summed E-state index contributed by atoms with van der Waals surface area (Å²) in [6.45, 7) is 2.19. The maximum absolute atomic E-state index is 13.4. The highest BCUT2D eigenvalue weighted by molar-refractivity contribution is 7.98. The van der Waals surface area contributed by atoms with Crippen LogP contribution in [0.2, 0.25) is 0 Å². The first-order valence-electron chi connectivity index (χ1n) is 9.61. The van der Waals surface area contributed by atoms with Gasteiger partial charge in [-0.25, -0.2) is 0 Å². The van der Waals surface area contributed by atoms with Crippen LogP contribution < -0.4 is 10.7 Å². The molecule has 7 heteroatoms. The molecule has 0 amide bonds. The molecule has 1 aliphatic rings. The van der Waals surface area contributed by atoms with E-state index in [2.05, 4.69) is 10.3 Å². The van der Waals surface area contributed by atoms with Crippen molar-refractivity contribution >= 4 is 47.1 Å². The number of allylic oxidation sites excluding steroid dienone is 1. The van der Waals surface area contributed by atoms with E-state index in [0.29, 0.717) is 16.8 Å². The lowest BCUT2D eigenvalue weighted by molar-refractivity contribution is -0.108. The Morgan fingerprint density at radius 1 is 1.38 bits per heavy atom. The Kier molecular flexibility index (Phi) is 6.92. The van der Waals surface area contributed by atoms with Gasteiger partial charge in [0.25, 0.3) is 0 Å². The number of benzene rings is 1. The molecule has 0 aliphatic heterocycles. The molecule has 0 radical (unpaired) electrons. The fourth-order valence-electron chi connectivity index (χ4n) is 3.75. The number of aromatic nitrogens is 1. The van der Waals surface area contributed by atoms with Gasteiger partial charge in [-0.2, -0.15) is 0 Å². The zero-order valence-corrected chi connectivity index (χ0v) is 18.1. The minimum Gasteiger partial charge on any atom is -0.381 e. The molecule has 2 aromatic rings. The zero-order chi connectivity index (χ0) is 21.0. The first-order valence-corrected chi connectivity index (χ1v) is 10.8. The van der Waals surface area contributed by atoms with Gasteiger partial charge in [0.15, 0.2) is 5.43 Å². The number of aldehydes is 1. The van der Waals surface area contributed by atoms with Crippen LogP contribution in [-0.2, 0) is 16.1 Å². The number of nitrogens with zero attached hydrogens (tertiary/aromatic N) is 2. The SMILES string of the molecule is CN=C/C=C\c1c(NC2CC(OC)C2)n(CC=O)c2c(SC)c(C)ccc2c1=O. The molecule has 1 aliphatic carbocycles. The van der Waals surface area contributed by atoms with Crippen LogP contribution in [0.15, 0.2) is 32.9 Å². The zero-order valence-electron chi connectivity index (χ0n) is 17.3. The predicted octanol–water partition coefficient (Wildman–Crippen LogP) is 3.53. The smallest absolute Gasteiger partial charge is 0.198 e.